The van der Waals surface area contributed by atoms with Crippen LogP contribution in [-0.2, 0) is 0 Å². The maximum atomic E-state index is 10.8. The summed E-state index contributed by atoms with van der Waals surface area (Å²) < 4.78 is 1.29. The minimum Gasteiger partial charge on any atom is -0.476 e. The quantitative estimate of drug-likeness (QED) is 0.761. The number of carbonyl (C=O) groups is 1. The van der Waals surface area contributed by atoms with E-state index in [1.54, 1.807) is 13.8 Å². The molecule has 0 fully saturated rings. The van der Waals surface area contributed by atoms with Gasteiger partial charge in [0.25, 0.3) is 0 Å². The molecule has 1 rings (SSSR count). The average Bonchev–Trinajstić information content (AvgIpc) is 2.28. The molecule has 0 spiro atoms. The number of aromatic nitrogens is 2. The van der Waals surface area contributed by atoms with E-state index < -0.39 is 5.97 Å². The van der Waals surface area contributed by atoms with E-state index in [2.05, 4.69) is 5.10 Å². The van der Waals surface area contributed by atoms with Gasteiger partial charge in [-0.05, 0) is 13.8 Å². The number of halogens is 1. The first-order valence-corrected chi connectivity index (χ1v) is 4.09. The zero-order valence-corrected chi connectivity index (χ0v) is 8.04. The van der Waals surface area contributed by atoms with E-state index in [4.69, 9.17) is 22.4 Å². The van der Waals surface area contributed by atoms with Gasteiger partial charge in [0.2, 0.25) is 0 Å². The van der Waals surface area contributed by atoms with Gasteiger partial charge < -0.3 is 10.8 Å². The molecule has 0 aliphatic heterocycles. The Balaban J connectivity index is 3.35. The maximum absolute atomic E-state index is 10.8. The van der Waals surface area contributed by atoms with Crippen LogP contribution in [0.5, 0.6) is 0 Å². The van der Waals surface area contributed by atoms with E-state index in [1.165, 1.54) is 4.68 Å². The molecule has 1 heterocycles. The zero-order valence-electron chi connectivity index (χ0n) is 7.28. The molecule has 0 amide bonds. The minimum absolute atomic E-state index is 0.00111. The van der Waals surface area contributed by atoms with Crippen LogP contribution in [0.25, 0.3) is 0 Å². The van der Waals surface area contributed by atoms with Crippen LogP contribution in [0, 0.1) is 0 Å². The molecule has 0 unspecified atom stereocenters. The Morgan fingerprint density at radius 2 is 2.23 bits per heavy atom. The van der Waals surface area contributed by atoms with Crippen molar-refractivity contribution in [2.24, 2.45) is 0 Å². The Bertz CT molecular complexity index is 346. The summed E-state index contributed by atoms with van der Waals surface area (Å²) >= 11 is 5.66. The zero-order chi connectivity index (χ0) is 10.2. The van der Waals surface area contributed by atoms with Gasteiger partial charge in [-0.2, -0.15) is 5.10 Å². The lowest BCUT2D eigenvalue weighted by atomic mass is 10.3. The minimum atomic E-state index is -1.12. The molecule has 0 aliphatic carbocycles. The Hall–Kier alpha value is -1.23. The lowest BCUT2D eigenvalue weighted by Gasteiger charge is -2.06. The van der Waals surface area contributed by atoms with Crippen LogP contribution in [0.1, 0.15) is 30.4 Å². The van der Waals surface area contributed by atoms with Gasteiger partial charge in [0, 0.05) is 6.04 Å². The summed E-state index contributed by atoms with van der Waals surface area (Å²) in [4.78, 5) is 10.8. The molecule has 0 saturated carbocycles. The Labute approximate surface area is 80.1 Å². The lowest BCUT2D eigenvalue weighted by Crippen LogP contribution is -2.12. The highest BCUT2D eigenvalue weighted by Gasteiger charge is 2.21. The number of nitrogen functional groups attached to an aromatic ring is 1. The number of rotatable bonds is 2. The molecule has 1 aromatic heterocycles. The summed E-state index contributed by atoms with van der Waals surface area (Å²) in [6.07, 6.45) is 0. The van der Waals surface area contributed by atoms with E-state index in [-0.39, 0.29) is 22.6 Å². The van der Waals surface area contributed by atoms with Crippen molar-refractivity contribution >= 4 is 23.4 Å². The van der Waals surface area contributed by atoms with Crippen LogP contribution >= 0.6 is 11.6 Å². The largest absolute Gasteiger partial charge is 0.476 e. The van der Waals surface area contributed by atoms with Gasteiger partial charge in [0.15, 0.2) is 11.5 Å². The highest BCUT2D eigenvalue weighted by atomic mass is 35.5. The summed E-state index contributed by atoms with van der Waals surface area (Å²) in [6.45, 7) is 3.60. The lowest BCUT2D eigenvalue weighted by molar-refractivity contribution is 0.0681. The van der Waals surface area contributed by atoms with Gasteiger partial charge in [-0.3, -0.25) is 4.68 Å². The van der Waals surface area contributed by atoms with Crippen molar-refractivity contribution in [2.75, 3.05) is 5.73 Å². The van der Waals surface area contributed by atoms with Crippen molar-refractivity contribution < 1.29 is 9.90 Å². The third-order valence-electron chi connectivity index (χ3n) is 1.57. The smallest absolute Gasteiger partial charge is 0.355 e. The molecule has 0 aromatic carbocycles. The van der Waals surface area contributed by atoms with E-state index in [0.29, 0.717) is 0 Å². The van der Waals surface area contributed by atoms with E-state index in [0.717, 1.165) is 0 Å². The standard InChI is InChI=1S/C7H10ClN3O2/c1-3(2)11-5(7(12)13)4(8)6(9)10-11/h3H,1-2H3,(H2,9,10)(H,12,13). The number of anilines is 1. The number of carboxylic acids is 1. The van der Waals surface area contributed by atoms with Crippen molar-refractivity contribution in [3.05, 3.63) is 10.7 Å². The van der Waals surface area contributed by atoms with Crippen molar-refractivity contribution in [1.29, 1.82) is 0 Å². The van der Waals surface area contributed by atoms with Crippen LogP contribution in [0.15, 0.2) is 0 Å². The number of nitrogens with zero attached hydrogens (tertiary/aromatic N) is 2. The number of nitrogens with two attached hydrogens (primary N) is 1. The van der Waals surface area contributed by atoms with E-state index in [1.807, 2.05) is 0 Å². The normalized spacial score (nSPS) is 10.8. The van der Waals surface area contributed by atoms with Gasteiger partial charge in [-0.25, -0.2) is 4.79 Å². The topological polar surface area (TPSA) is 81.1 Å². The Kier molecular flexibility index (Phi) is 2.47. The molecule has 0 atom stereocenters. The number of hydrogen-bond acceptors (Lipinski definition) is 3. The predicted molar refractivity (Wildman–Crippen MR) is 49.0 cm³/mol. The van der Waals surface area contributed by atoms with E-state index >= 15 is 0 Å². The average molecular weight is 204 g/mol. The van der Waals surface area contributed by atoms with Crippen LogP contribution in [0.2, 0.25) is 5.02 Å². The van der Waals surface area contributed by atoms with Crippen molar-refractivity contribution in [3.8, 4) is 0 Å². The molecule has 5 nitrogen and oxygen atoms in total. The Morgan fingerprint density at radius 3 is 2.54 bits per heavy atom. The van der Waals surface area contributed by atoms with Crippen molar-refractivity contribution in [2.45, 2.75) is 19.9 Å². The molecule has 1 aromatic rings. The molecule has 6 heteroatoms. The maximum Gasteiger partial charge on any atom is 0.355 e. The molecule has 0 aliphatic rings. The fraction of sp³-hybridized carbons (Fsp3) is 0.429. The highest BCUT2D eigenvalue weighted by molar-refractivity contribution is 6.35. The highest BCUT2D eigenvalue weighted by Crippen LogP contribution is 2.25. The van der Waals surface area contributed by atoms with Crippen LogP contribution in [-0.4, -0.2) is 20.9 Å². The second kappa shape index (κ2) is 3.26. The second-order valence-corrected chi connectivity index (χ2v) is 3.27. The van der Waals surface area contributed by atoms with Gasteiger partial charge in [0.05, 0.1) is 0 Å². The first kappa shape index (κ1) is 9.85. The molecular formula is C7H10ClN3O2. The summed E-state index contributed by atoms with van der Waals surface area (Å²) in [5, 5.41) is 12.6. The van der Waals surface area contributed by atoms with Gasteiger partial charge >= 0.3 is 5.97 Å². The first-order valence-electron chi connectivity index (χ1n) is 3.72. The monoisotopic (exact) mass is 203 g/mol. The fourth-order valence-corrected chi connectivity index (χ4v) is 1.20. The number of carboxylic acid groups (broad SMARTS) is 1. The predicted octanol–water partition coefficient (Wildman–Crippen LogP) is 1.40. The van der Waals surface area contributed by atoms with E-state index in [9.17, 15) is 4.79 Å². The third kappa shape index (κ3) is 1.60. The molecule has 0 bridgehead atoms. The van der Waals surface area contributed by atoms with Crippen molar-refractivity contribution in [1.82, 2.24) is 9.78 Å². The van der Waals surface area contributed by atoms with Crippen LogP contribution in [0.4, 0.5) is 5.82 Å². The molecule has 0 saturated heterocycles. The van der Waals surface area contributed by atoms with Crippen LogP contribution < -0.4 is 5.73 Å². The van der Waals surface area contributed by atoms with Crippen molar-refractivity contribution in [3.63, 3.8) is 0 Å². The second-order valence-electron chi connectivity index (χ2n) is 2.89. The molecule has 3 N–H and O–H groups in total. The summed E-state index contributed by atoms with van der Waals surface area (Å²) in [5.74, 6) is -1.07. The molecule has 72 valence electrons. The molecular weight excluding hydrogens is 194 g/mol. The van der Waals surface area contributed by atoms with Gasteiger partial charge in [-0.1, -0.05) is 11.6 Å². The summed E-state index contributed by atoms with van der Waals surface area (Å²) in [6, 6.07) is -0.0825. The molecule has 13 heavy (non-hydrogen) atoms. The fourth-order valence-electron chi connectivity index (χ4n) is 0.997. The molecule has 0 radical (unpaired) electrons. The SMILES string of the molecule is CC(C)n1nc(N)c(Cl)c1C(=O)O. The first-order chi connectivity index (χ1) is 5.95. The van der Waals surface area contributed by atoms with Gasteiger partial charge in [-0.15, -0.1) is 0 Å². The summed E-state index contributed by atoms with van der Waals surface area (Å²) in [5.41, 5.74) is 5.33. The van der Waals surface area contributed by atoms with Gasteiger partial charge in [0.1, 0.15) is 5.02 Å². The number of aromatic carboxylic acids is 1. The van der Waals surface area contributed by atoms with Crippen LogP contribution in [0.3, 0.4) is 0 Å². The summed E-state index contributed by atoms with van der Waals surface area (Å²) in [7, 11) is 0. The Morgan fingerprint density at radius 1 is 1.69 bits per heavy atom. The number of hydrogen-bond donors (Lipinski definition) is 2. The third-order valence-corrected chi connectivity index (χ3v) is 1.94.